The van der Waals surface area contributed by atoms with Crippen molar-refractivity contribution in [2.75, 3.05) is 6.61 Å². The van der Waals surface area contributed by atoms with Crippen LogP contribution in [0.4, 0.5) is 0 Å². The Balaban J connectivity index is 1.47. The second-order valence-corrected chi connectivity index (χ2v) is 9.05. The largest absolute Gasteiger partial charge is 0.451 e. The van der Waals surface area contributed by atoms with Crippen molar-refractivity contribution in [1.29, 1.82) is 0 Å². The van der Waals surface area contributed by atoms with Crippen molar-refractivity contribution in [2.24, 2.45) is 0 Å². The van der Waals surface area contributed by atoms with E-state index in [9.17, 15) is 9.59 Å². The van der Waals surface area contributed by atoms with Gasteiger partial charge in [0.05, 0.1) is 5.02 Å². The van der Waals surface area contributed by atoms with Crippen molar-refractivity contribution in [3.8, 4) is 0 Å². The Kier molecular flexibility index (Phi) is 7.10. The number of thiophene rings is 1. The summed E-state index contributed by atoms with van der Waals surface area (Å²) in [5.41, 5.74) is 1.99. The van der Waals surface area contributed by atoms with E-state index in [-0.39, 0.29) is 17.4 Å². The summed E-state index contributed by atoms with van der Waals surface area (Å²) < 4.78 is 6.14. The molecule has 0 saturated heterocycles. The maximum Gasteiger partial charge on any atom is 0.350 e. The Morgan fingerprint density at radius 3 is 2.03 bits per heavy atom. The van der Waals surface area contributed by atoms with E-state index in [2.05, 4.69) is 0 Å². The van der Waals surface area contributed by atoms with Gasteiger partial charge < -0.3 is 9.64 Å². The van der Waals surface area contributed by atoms with Crippen LogP contribution < -0.4 is 0 Å². The highest BCUT2D eigenvalue weighted by Gasteiger charge is 2.22. The van der Waals surface area contributed by atoms with Gasteiger partial charge >= 0.3 is 5.97 Å². The SMILES string of the molecule is O=C(OCC(=O)N(Cc1ccccc1)Cc1ccccc1)c1sc2cc(Cl)ccc2c1Cl. The molecule has 0 fully saturated rings. The van der Waals surface area contributed by atoms with Crippen LogP contribution in [0.2, 0.25) is 10.0 Å². The van der Waals surface area contributed by atoms with Gasteiger partial charge in [0.25, 0.3) is 5.91 Å². The number of halogens is 2. The third-order valence-electron chi connectivity index (χ3n) is 4.89. The highest BCUT2D eigenvalue weighted by Crippen LogP contribution is 2.37. The first kappa shape index (κ1) is 22.3. The Hall–Kier alpha value is -2.86. The van der Waals surface area contributed by atoms with Crippen molar-refractivity contribution in [1.82, 2.24) is 4.90 Å². The molecule has 0 aliphatic heterocycles. The van der Waals surface area contributed by atoms with Gasteiger partial charge in [0, 0.05) is 28.2 Å². The lowest BCUT2D eigenvalue weighted by Gasteiger charge is -2.23. The van der Waals surface area contributed by atoms with Crippen LogP contribution in [0.1, 0.15) is 20.8 Å². The molecule has 0 saturated carbocycles. The van der Waals surface area contributed by atoms with Crippen LogP contribution >= 0.6 is 34.5 Å². The van der Waals surface area contributed by atoms with Gasteiger partial charge in [-0.3, -0.25) is 4.79 Å². The molecular formula is C25H19Cl2NO3S. The van der Waals surface area contributed by atoms with E-state index < -0.39 is 5.97 Å². The molecule has 7 heteroatoms. The zero-order chi connectivity index (χ0) is 22.5. The van der Waals surface area contributed by atoms with Gasteiger partial charge in [-0.15, -0.1) is 11.3 Å². The number of hydrogen-bond donors (Lipinski definition) is 0. The molecular weight excluding hydrogens is 465 g/mol. The van der Waals surface area contributed by atoms with Crippen LogP contribution in [0.25, 0.3) is 10.1 Å². The number of carbonyl (C=O) groups excluding carboxylic acids is 2. The number of benzene rings is 3. The van der Waals surface area contributed by atoms with Crippen molar-refractivity contribution in [3.63, 3.8) is 0 Å². The predicted molar refractivity (Wildman–Crippen MR) is 129 cm³/mol. The maximum absolute atomic E-state index is 13.0. The van der Waals surface area contributed by atoms with E-state index in [4.69, 9.17) is 27.9 Å². The minimum Gasteiger partial charge on any atom is -0.451 e. The average molecular weight is 484 g/mol. The van der Waals surface area contributed by atoms with Gasteiger partial charge in [-0.1, -0.05) is 89.9 Å². The number of amides is 1. The molecule has 1 amide bonds. The number of esters is 1. The normalized spacial score (nSPS) is 10.8. The topological polar surface area (TPSA) is 46.6 Å². The highest BCUT2D eigenvalue weighted by atomic mass is 35.5. The number of carbonyl (C=O) groups is 2. The summed E-state index contributed by atoms with van der Waals surface area (Å²) in [6.07, 6.45) is 0. The van der Waals surface area contributed by atoms with Crippen LogP contribution in [0, 0.1) is 0 Å². The smallest absolute Gasteiger partial charge is 0.350 e. The zero-order valence-electron chi connectivity index (χ0n) is 17.0. The van der Waals surface area contributed by atoms with Gasteiger partial charge in [-0.25, -0.2) is 4.79 Å². The lowest BCUT2D eigenvalue weighted by molar-refractivity contribution is -0.135. The van der Waals surface area contributed by atoms with E-state index in [1.165, 1.54) is 11.3 Å². The van der Waals surface area contributed by atoms with E-state index in [1.807, 2.05) is 60.7 Å². The molecule has 0 unspecified atom stereocenters. The molecule has 0 bridgehead atoms. The van der Waals surface area contributed by atoms with Crippen molar-refractivity contribution >= 4 is 56.5 Å². The van der Waals surface area contributed by atoms with Gasteiger partial charge in [-0.2, -0.15) is 0 Å². The number of hydrogen-bond acceptors (Lipinski definition) is 4. The minimum atomic E-state index is -0.625. The minimum absolute atomic E-state index is 0.259. The fraction of sp³-hybridized carbons (Fsp3) is 0.120. The summed E-state index contributed by atoms with van der Waals surface area (Å²) in [5.74, 6) is -0.911. The average Bonchev–Trinajstić information content (AvgIpc) is 3.13. The fourth-order valence-corrected chi connectivity index (χ4v) is 4.97. The third-order valence-corrected chi connectivity index (χ3v) is 6.76. The van der Waals surface area contributed by atoms with Crippen LogP contribution in [-0.4, -0.2) is 23.4 Å². The Morgan fingerprint density at radius 1 is 0.844 bits per heavy atom. The first-order valence-electron chi connectivity index (χ1n) is 9.91. The van der Waals surface area contributed by atoms with Crippen molar-refractivity contribution < 1.29 is 14.3 Å². The number of fused-ring (bicyclic) bond motifs is 1. The molecule has 4 aromatic rings. The third kappa shape index (κ3) is 5.30. The first-order chi connectivity index (χ1) is 15.5. The fourth-order valence-electron chi connectivity index (χ4n) is 3.29. The lowest BCUT2D eigenvalue weighted by Crippen LogP contribution is -2.33. The maximum atomic E-state index is 13.0. The molecule has 0 aliphatic carbocycles. The summed E-state index contributed by atoms with van der Waals surface area (Å²) >= 11 is 13.6. The molecule has 0 spiro atoms. The molecule has 1 aromatic heterocycles. The van der Waals surface area contributed by atoms with Crippen LogP contribution in [0.3, 0.4) is 0 Å². The first-order valence-corrected chi connectivity index (χ1v) is 11.5. The second kappa shape index (κ2) is 10.2. The zero-order valence-corrected chi connectivity index (χ0v) is 19.3. The monoisotopic (exact) mass is 483 g/mol. The van der Waals surface area contributed by atoms with E-state index >= 15 is 0 Å². The number of nitrogens with zero attached hydrogens (tertiary/aromatic N) is 1. The summed E-state index contributed by atoms with van der Waals surface area (Å²) in [6.45, 7) is 0.451. The molecule has 162 valence electrons. The molecule has 4 rings (SSSR count). The number of ether oxygens (including phenoxy) is 1. The Bertz CT molecular complexity index is 1200. The number of rotatable bonds is 7. The molecule has 1 heterocycles. The molecule has 0 atom stereocenters. The molecule has 4 nitrogen and oxygen atoms in total. The van der Waals surface area contributed by atoms with E-state index in [1.54, 1.807) is 23.1 Å². The Morgan fingerprint density at radius 2 is 1.44 bits per heavy atom. The quantitative estimate of drug-likeness (QED) is 0.278. The Labute approximate surface area is 199 Å². The van der Waals surface area contributed by atoms with Crippen LogP contribution in [-0.2, 0) is 22.6 Å². The standard InChI is InChI=1S/C25H19Cl2NO3S/c26-19-11-12-20-21(13-19)32-24(23(20)27)25(30)31-16-22(29)28(14-17-7-3-1-4-8-17)15-18-9-5-2-6-10-18/h1-13H,14-16H2. The van der Waals surface area contributed by atoms with Crippen LogP contribution in [0.5, 0.6) is 0 Å². The van der Waals surface area contributed by atoms with E-state index in [0.29, 0.717) is 23.1 Å². The van der Waals surface area contributed by atoms with Crippen molar-refractivity contribution in [3.05, 3.63) is 105 Å². The predicted octanol–water partition coefficient (Wildman–Crippen LogP) is 6.59. The van der Waals surface area contributed by atoms with Gasteiger partial charge in [0.15, 0.2) is 6.61 Å². The van der Waals surface area contributed by atoms with E-state index in [0.717, 1.165) is 21.2 Å². The molecule has 32 heavy (non-hydrogen) atoms. The summed E-state index contributed by atoms with van der Waals surface area (Å²) in [5, 5.41) is 1.60. The highest BCUT2D eigenvalue weighted by molar-refractivity contribution is 7.21. The summed E-state index contributed by atoms with van der Waals surface area (Å²) in [7, 11) is 0. The molecule has 0 aliphatic rings. The van der Waals surface area contributed by atoms with Gasteiger partial charge in [-0.05, 0) is 23.3 Å². The van der Waals surface area contributed by atoms with Gasteiger partial charge in [0.1, 0.15) is 4.88 Å². The van der Waals surface area contributed by atoms with Gasteiger partial charge in [0.2, 0.25) is 0 Å². The summed E-state index contributed by atoms with van der Waals surface area (Å²) in [4.78, 5) is 27.6. The lowest BCUT2D eigenvalue weighted by atomic mass is 10.1. The van der Waals surface area contributed by atoms with Crippen molar-refractivity contribution in [2.45, 2.75) is 13.1 Å². The molecule has 0 radical (unpaired) electrons. The molecule has 3 aromatic carbocycles. The molecule has 0 N–H and O–H groups in total. The van der Waals surface area contributed by atoms with Crippen LogP contribution in [0.15, 0.2) is 78.9 Å². The second-order valence-electron chi connectivity index (χ2n) is 7.18. The summed E-state index contributed by atoms with van der Waals surface area (Å²) in [6, 6.07) is 24.6.